The lowest BCUT2D eigenvalue weighted by Crippen LogP contribution is -2.30. The lowest BCUT2D eigenvalue weighted by Gasteiger charge is -2.19. The fourth-order valence-electron chi connectivity index (χ4n) is 2.49. The quantitative estimate of drug-likeness (QED) is 0.608. The highest BCUT2D eigenvalue weighted by Gasteiger charge is 2.19. The van der Waals surface area contributed by atoms with Crippen LogP contribution < -0.4 is 5.32 Å². The summed E-state index contributed by atoms with van der Waals surface area (Å²) in [4.78, 5) is 26.0. The Morgan fingerprint density at radius 3 is 2.31 bits per heavy atom. The second-order valence-corrected chi connectivity index (χ2v) is 8.61. The average Bonchev–Trinajstić information content (AvgIpc) is 2.55. The van der Waals surface area contributed by atoms with Crippen LogP contribution in [0.1, 0.15) is 50.4 Å². The van der Waals surface area contributed by atoms with E-state index in [-0.39, 0.29) is 16.7 Å². The van der Waals surface area contributed by atoms with Gasteiger partial charge in [-0.1, -0.05) is 31.4 Å². The minimum absolute atomic E-state index is 0.00628. The molecule has 0 radical (unpaired) electrons. The molecule has 0 aliphatic heterocycles. The van der Waals surface area contributed by atoms with Crippen LogP contribution in [0.15, 0.2) is 18.2 Å². The number of benzene rings is 1. The number of carbonyl (C=O) groups is 2. The van der Waals surface area contributed by atoms with Gasteiger partial charge in [0.2, 0.25) is 5.91 Å². The summed E-state index contributed by atoms with van der Waals surface area (Å²) in [6, 6.07) is 4.54. The molecule has 2 amide bonds. The number of halogens is 1. The van der Waals surface area contributed by atoms with Crippen LogP contribution in [0.5, 0.6) is 0 Å². The van der Waals surface area contributed by atoms with E-state index in [1.807, 2.05) is 20.8 Å². The van der Waals surface area contributed by atoms with E-state index in [1.54, 1.807) is 11.0 Å². The van der Waals surface area contributed by atoms with Crippen molar-refractivity contribution in [2.45, 2.75) is 40.0 Å². The van der Waals surface area contributed by atoms with Crippen molar-refractivity contribution in [3.05, 3.63) is 28.8 Å². The number of amides is 2. The summed E-state index contributed by atoms with van der Waals surface area (Å²) >= 11 is 6.17. The molecule has 6 nitrogen and oxygen atoms in total. The molecule has 1 N–H and O–H groups in total. The molecule has 1 rings (SSSR count). The normalized spacial score (nSPS) is 11.2. The highest BCUT2D eigenvalue weighted by Crippen LogP contribution is 2.22. The van der Waals surface area contributed by atoms with Crippen molar-refractivity contribution in [3.8, 4) is 0 Å². The molecule has 146 valence electrons. The average molecular weight is 403 g/mol. The Balaban J connectivity index is 2.75. The number of carbonyl (C=O) groups excluding carboxylic acids is 2. The van der Waals surface area contributed by atoms with Crippen LogP contribution in [-0.4, -0.2) is 49.7 Å². The van der Waals surface area contributed by atoms with Gasteiger partial charge in [0.05, 0.1) is 16.3 Å². The molecule has 0 heterocycles. The van der Waals surface area contributed by atoms with E-state index in [2.05, 4.69) is 5.32 Å². The van der Waals surface area contributed by atoms with Crippen LogP contribution >= 0.6 is 11.6 Å². The monoisotopic (exact) mass is 402 g/mol. The third-order valence-corrected chi connectivity index (χ3v) is 5.87. The number of nitrogens with one attached hydrogen (secondary N) is 1. The Morgan fingerprint density at radius 1 is 1.12 bits per heavy atom. The van der Waals surface area contributed by atoms with Gasteiger partial charge in [-0.25, -0.2) is 8.42 Å². The minimum Gasteiger partial charge on any atom is -0.339 e. The minimum atomic E-state index is -3.43. The Kier molecular flexibility index (Phi) is 9.08. The van der Waals surface area contributed by atoms with Crippen LogP contribution in [-0.2, 0) is 14.6 Å². The summed E-state index contributed by atoms with van der Waals surface area (Å²) in [7, 11) is -3.43. The number of hydrogen-bond donors (Lipinski definition) is 1. The smallest absolute Gasteiger partial charge is 0.255 e. The zero-order valence-corrected chi connectivity index (χ0v) is 17.1. The Bertz CT molecular complexity index is 731. The van der Waals surface area contributed by atoms with Crippen molar-refractivity contribution in [1.82, 2.24) is 4.90 Å². The predicted molar refractivity (Wildman–Crippen MR) is 106 cm³/mol. The highest BCUT2D eigenvalue weighted by molar-refractivity contribution is 7.92. The fraction of sp³-hybridized carbons (Fsp3) is 0.556. The summed E-state index contributed by atoms with van der Waals surface area (Å²) in [6.45, 7) is 6.88. The summed E-state index contributed by atoms with van der Waals surface area (Å²) < 4.78 is 23.8. The van der Waals surface area contributed by atoms with Crippen LogP contribution in [0.25, 0.3) is 0 Å². The summed E-state index contributed by atoms with van der Waals surface area (Å²) in [6.07, 6.45) is 2.29. The number of unbranched alkanes of at least 4 members (excludes halogenated alkanes) is 2. The maximum atomic E-state index is 12.3. The van der Waals surface area contributed by atoms with Crippen molar-refractivity contribution >= 4 is 38.9 Å². The van der Waals surface area contributed by atoms with Crippen LogP contribution in [0, 0.1) is 0 Å². The molecule has 0 aliphatic rings. The molecule has 0 aliphatic carbocycles. The number of sulfone groups is 1. The number of anilines is 1. The Morgan fingerprint density at radius 2 is 1.77 bits per heavy atom. The molecule has 0 saturated carbocycles. The molecular weight excluding hydrogens is 376 g/mol. The highest BCUT2D eigenvalue weighted by atomic mass is 35.5. The van der Waals surface area contributed by atoms with Gasteiger partial charge in [-0.2, -0.15) is 0 Å². The second kappa shape index (κ2) is 10.5. The molecule has 0 spiro atoms. The first-order valence-electron chi connectivity index (χ1n) is 8.83. The van der Waals surface area contributed by atoms with Gasteiger partial charge in [-0.3, -0.25) is 9.59 Å². The van der Waals surface area contributed by atoms with Gasteiger partial charge in [0.15, 0.2) is 9.84 Å². The second-order valence-electron chi connectivity index (χ2n) is 6.02. The summed E-state index contributed by atoms with van der Waals surface area (Å²) in [5, 5.41) is 2.74. The first kappa shape index (κ1) is 22.4. The molecular formula is C18H27ClN2O4S. The van der Waals surface area contributed by atoms with Crippen molar-refractivity contribution in [3.63, 3.8) is 0 Å². The molecule has 0 bridgehead atoms. The molecule has 26 heavy (non-hydrogen) atoms. The molecule has 0 aromatic heterocycles. The maximum absolute atomic E-state index is 12.3. The van der Waals surface area contributed by atoms with Gasteiger partial charge < -0.3 is 10.2 Å². The standard InChI is InChI=1S/C18H27ClN2O4S/c1-4-7-8-11-26(24,25)13-17(22)20-14-9-10-15(16(19)12-14)18(23)21(5-2)6-3/h9-10,12H,4-8,11,13H2,1-3H3,(H,20,22). The van der Waals surface area contributed by atoms with E-state index in [4.69, 9.17) is 11.6 Å². The third kappa shape index (κ3) is 6.96. The summed E-state index contributed by atoms with van der Waals surface area (Å²) in [5.41, 5.74) is 0.709. The van der Waals surface area contributed by atoms with Crippen molar-refractivity contribution in [2.24, 2.45) is 0 Å². The van der Waals surface area contributed by atoms with Crippen molar-refractivity contribution in [2.75, 3.05) is 29.9 Å². The van der Waals surface area contributed by atoms with E-state index >= 15 is 0 Å². The Labute approximate surface area is 160 Å². The largest absolute Gasteiger partial charge is 0.339 e. The maximum Gasteiger partial charge on any atom is 0.255 e. The number of nitrogens with zero attached hydrogens (tertiary/aromatic N) is 1. The van der Waals surface area contributed by atoms with Gasteiger partial charge in [0, 0.05) is 18.8 Å². The SMILES string of the molecule is CCCCCS(=O)(=O)CC(=O)Nc1ccc(C(=O)N(CC)CC)c(Cl)c1. The van der Waals surface area contributed by atoms with Gasteiger partial charge in [0.1, 0.15) is 5.75 Å². The lowest BCUT2D eigenvalue weighted by atomic mass is 10.1. The zero-order valence-electron chi connectivity index (χ0n) is 15.5. The van der Waals surface area contributed by atoms with E-state index in [9.17, 15) is 18.0 Å². The fourth-order valence-corrected chi connectivity index (χ4v) is 4.01. The van der Waals surface area contributed by atoms with Crippen LogP contribution in [0.4, 0.5) is 5.69 Å². The molecule has 0 fully saturated rings. The number of hydrogen-bond acceptors (Lipinski definition) is 4. The summed E-state index contributed by atoms with van der Waals surface area (Å²) in [5.74, 6) is -1.35. The predicted octanol–water partition coefficient (Wildman–Crippen LogP) is 3.37. The van der Waals surface area contributed by atoms with E-state index < -0.39 is 21.5 Å². The molecule has 0 atom stereocenters. The van der Waals surface area contributed by atoms with Crippen molar-refractivity contribution in [1.29, 1.82) is 0 Å². The van der Waals surface area contributed by atoms with E-state index in [1.165, 1.54) is 12.1 Å². The number of rotatable bonds is 10. The molecule has 0 unspecified atom stereocenters. The van der Waals surface area contributed by atoms with Crippen LogP contribution in [0.3, 0.4) is 0 Å². The molecule has 1 aromatic rings. The van der Waals surface area contributed by atoms with E-state index in [0.29, 0.717) is 30.8 Å². The molecule has 8 heteroatoms. The van der Waals surface area contributed by atoms with Gasteiger partial charge in [-0.05, 0) is 38.5 Å². The van der Waals surface area contributed by atoms with E-state index in [0.717, 1.165) is 12.8 Å². The molecule has 1 aromatic carbocycles. The topological polar surface area (TPSA) is 83.5 Å². The van der Waals surface area contributed by atoms with Gasteiger partial charge >= 0.3 is 0 Å². The van der Waals surface area contributed by atoms with Crippen LogP contribution in [0.2, 0.25) is 5.02 Å². The Hall–Kier alpha value is -1.60. The first-order valence-corrected chi connectivity index (χ1v) is 11.0. The third-order valence-electron chi connectivity index (χ3n) is 3.94. The zero-order chi connectivity index (χ0) is 19.7. The first-order chi connectivity index (χ1) is 12.2. The van der Waals surface area contributed by atoms with Crippen molar-refractivity contribution < 1.29 is 18.0 Å². The molecule has 0 saturated heterocycles. The lowest BCUT2D eigenvalue weighted by molar-refractivity contribution is -0.113. The van der Waals surface area contributed by atoms with Gasteiger partial charge in [-0.15, -0.1) is 0 Å². The van der Waals surface area contributed by atoms with Gasteiger partial charge in [0.25, 0.3) is 5.91 Å².